The molecule has 1 N–H and O–H groups in total. The average Bonchev–Trinajstić information content (AvgIpc) is 3.21. The number of hydrogen-bond donors (Lipinski definition) is 1. The van der Waals surface area contributed by atoms with E-state index in [1.807, 2.05) is 44.4 Å². The molecule has 7 nitrogen and oxygen atoms in total. The Morgan fingerprint density at radius 3 is 2.46 bits per heavy atom. The summed E-state index contributed by atoms with van der Waals surface area (Å²) in [4.78, 5) is 41.3. The Labute approximate surface area is 205 Å². The Bertz CT molecular complexity index is 1710. The van der Waals surface area contributed by atoms with Crippen LogP contribution >= 0.6 is 11.8 Å². The molecule has 0 atom stereocenters. The molecule has 1 amide bonds. The van der Waals surface area contributed by atoms with Crippen molar-refractivity contribution in [1.82, 2.24) is 9.13 Å². The fourth-order valence-electron chi connectivity index (χ4n) is 4.35. The fraction of sp³-hybridized carbons (Fsp3) is 0.148. The summed E-state index contributed by atoms with van der Waals surface area (Å²) in [7, 11) is 0. The van der Waals surface area contributed by atoms with Gasteiger partial charge in [0.2, 0.25) is 11.5 Å². The van der Waals surface area contributed by atoms with Crippen LogP contribution in [0.25, 0.3) is 27.8 Å². The highest BCUT2D eigenvalue weighted by Gasteiger charge is 2.22. The number of anilines is 1. The van der Waals surface area contributed by atoms with Crippen molar-refractivity contribution in [2.24, 2.45) is 0 Å². The van der Waals surface area contributed by atoms with Gasteiger partial charge in [0.15, 0.2) is 0 Å². The van der Waals surface area contributed by atoms with E-state index in [0.29, 0.717) is 27.9 Å². The molecule has 35 heavy (non-hydrogen) atoms. The fourth-order valence-corrected chi connectivity index (χ4v) is 4.81. The van der Waals surface area contributed by atoms with Gasteiger partial charge in [0.05, 0.1) is 5.69 Å². The van der Waals surface area contributed by atoms with E-state index in [2.05, 4.69) is 5.32 Å². The predicted molar refractivity (Wildman–Crippen MR) is 140 cm³/mol. The molecule has 0 fully saturated rings. The molecule has 0 aliphatic carbocycles. The van der Waals surface area contributed by atoms with Crippen molar-refractivity contribution in [3.63, 3.8) is 0 Å². The third-order valence-electron chi connectivity index (χ3n) is 5.78. The van der Waals surface area contributed by atoms with Crippen LogP contribution in [0.3, 0.4) is 0 Å². The van der Waals surface area contributed by atoms with Gasteiger partial charge in [-0.3, -0.25) is 14.2 Å². The second-order valence-electron chi connectivity index (χ2n) is 8.41. The minimum atomic E-state index is -0.605. The van der Waals surface area contributed by atoms with Crippen molar-refractivity contribution < 1.29 is 9.21 Å². The number of aromatic nitrogens is 2. The third kappa shape index (κ3) is 4.17. The molecule has 2 heterocycles. The van der Waals surface area contributed by atoms with Crippen LogP contribution in [-0.2, 0) is 11.3 Å². The van der Waals surface area contributed by atoms with E-state index in [4.69, 9.17) is 4.42 Å². The molecule has 0 bridgehead atoms. The van der Waals surface area contributed by atoms with E-state index < -0.39 is 11.2 Å². The van der Waals surface area contributed by atoms with Gasteiger partial charge in [-0.25, -0.2) is 9.36 Å². The summed E-state index contributed by atoms with van der Waals surface area (Å²) in [5, 5.41) is 3.46. The zero-order valence-corrected chi connectivity index (χ0v) is 20.3. The molecule has 0 saturated carbocycles. The lowest BCUT2D eigenvalue weighted by Gasteiger charge is -2.13. The number of nitrogens with zero attached hydrogens (tertiary/aromatic N) is 2. The topological polar surface area (TPSA) is 86.2 Å². The van der Waals surface area contributed by atoms with Crippen molar-refractivity contribution in [3.05, 3.63) is 98.7 Å². The van der Waals surface area contributed by atoms with E-state index in [-0.39, 0.29) is 18.0 Å². The number of carbonyl (C=O) groups is 1. The van der Waals surface area contributed by atoms with Crippen LogP contribution in [0, 0.1) is 13.8 Å². The first kappa shape index (κ1) is 22.7. The first-order chi connectivity index (χ1) is 16.9. The number of thioether (sulfide) groups is 1. The molecule has 0 spiro atoms. The largest absolute Gasteiger partial charge is 0.449 e. The van der Waals surface area contributed by atoms with Crippen LogP contribution < -0.4 is 16.6 Å². The van der Waals surface area contributed by atoms with Crippen LogP contribution in [0.15, 0.2) is 85.6 Å². The summed E-state index contributed by atoms with van der Waals surface area (Å²) >= 11 is 1.57. The number of carbonyl (C=O) groups excluding carboxylic acids is 1. The summed E-state index contributed by atoms with van der Waals surface area (Å²) in [6.45, 7) is 3.51. The molecule has 2 aromatic heterocycles. The molecule has 3 aromatic carbocycles. The van der Waals surface area contributed by atoms with Crippen LogP contribution in [0.1, 0.15) is 11.1 Å². The maximum atomic E-state index is 13.8. The van der Waals surface area contributed by atoms with Gasteiger partial charge in [0.1, 0.15) is 17.6 Å². The van der Waals surface area contributed by atoms with Gasteiger partial charge >= 0.3 is 11.2 Å². The molecule has 5 rings (SSSR count). The summed E-state index contributed by atoms with van der Waals surface area (Å²) in [6.07, 6.45) is 1.96. The number of nitrogens with one attached hydrogen (secondary N) is 1. The van der Waals surface area contributed by atoms with Crippen LogP contribution in [-0.4, -0.2) is 21.3 Å². The zero-order valence-electron chi connectivity index (χ0n) is 19.5. The van der Waals surface area contributed by atoms with Crippen LogP contribution in [0.4, 0.5) is 5.69 Å². The lowest BCUT2D eigenvalue weighted by molar-refractivity contribution is -0.116. The van der Waals surface area contributed by atoms with Crippen molar-refractivity contribution in [2.45, 2.75) is 25.3 Å². The molecule has 0 aliphatic heterocycles. The Morgan fingerprint density at radius 1 is 0.971 bits per heavy atom. The molecule has 8 heteroatoms. The number of para-hydroxylation sites is 1. The highest BCUT2D eigenvalue weighted by Crippen LogP contribution is 2.26. The summed E-state index contributed by atoms with van der Waals surface area (Å²) in [5.41, 5.74) is 2.53. The predicted octanol–water partition coefficient (Wildman–Crippen LogP) is 4.88. The van der Waals surface area contributed by atoms with Crippen molar-refractivity contribution in [2.75, 3.05) is 11.6 Å². The van der Waals surface area contributed by atoms with Gasteiger partial charge in [-0.05, 0) is 73.7 Å². The van der Waals surface area contributed by atoms with Crippen molar-refractivity contribution in [1.29, 1.82) is 0 Å². The quantitative estimate of drug-likeness (QED) is 0.359. The molecular formula is C27H23N3O4S. The number of aryl methyl sites for hydroxylation is 2. The Morgan fingerprint density at radius 2 is 1.71 bits per heavy atom. The van der Waals surface area contributed by atoms with E-state index in [9.17, 15) is 14.4 Å². The van der Waals surface area contributed by atoms with Crippen molar-refractivity contribution >= 4 is 45.4 Å². The number of amides is 1. The van der Waals surface area contributed by atoms with Gasteiger partial charge in [-0.2, -0.15) is 0 Å². The van der Waals surface area contributed by atoms with E-state index in [1.54, 1.807) is 54.2 Å². The van der Waals surface area contributed by atoms with E-state index >= 15 is 0 Å². The third-order valence-corrected chi connectivity index (χ3v) is 6.50. The smallest absolute Gasteiger partial charge is 0.336 e. The van der Waals surface area contributed by atoms with Crippen LogP contribution in [0.5, 0.6) is 0 Å². The van der Waals surface area contributed by atoms with Crippen molar-refractivity contribution in [3.8, 4) is 5.69 Å². The lowest BCUT2D eigenvalue weighted by atomic mass is 10.1. The number of benzene rings is 3. The Kier molecular flexibility index (Phi) is 5.82. The lowest BCUT2D eigenvalue weighted by Crippen LogP contribution is -2.40. The maximum absolute atomic E-state index is 13.8. The Hall–Kier alpha value is -4.04. The molecule has 0 saturated heterocycles. The van der Waals surface area contributed by atoms with E-state index in [1.165, 1.54) is 4.57 Å². The minimum Gasteiger partial charge on any atom is -0.449 e. The summed E-state index contributed by atoms with van der Waals surface area (Å²) in [5.74, 6) is -0.387. The van der Waals surface area contributed by atoms with Gasteiger partial charge in [0, 0.05) is 16.0 Å². The minimum absolute atomic E-state index is 0.0298. The monoisotopic (exact) mass is 485 g/mol. The van der Waals surface area contributed by atoms with Gasteiger partial charge in [-0.1, -0.05) is 24.3 Å². The number of rotatable bonds is 5. The molecule has 0 unspecified atom stereocenters. The first-order valence-corrected chi connectivity index (χ1v) is 12.3. The molecular weight excluding hydrogens is 462 g/mol. The maximum Gasteiger partial charge on any atom is 0.336 e. The summed E-state index contributed by atoms with van der Waals surface area (Å²) < 4.78 is 8.29. The average molecular weight is 486 g/mol. The Balaban J connectivity index is 1.71. The summed E-state index contributed by atoms with van der Waals surface area (Å²) in [6, 6.07) is 20.1. The molecule has 0 radical (unpaired) electrons. The zero-order chi connectivity index (χ0) is 24.7. The number of fused-ring (bicyclic) bond motifs is 3. The number of hydrogen-bond acceptors (Lipinski definition) is 5. The molecule has 5 aromatic rings. The highest BCUT2D eigenvalue weighted by molar-refractivity contribution is 7.98. The first-order valence-electron chi connectivity index (χ1n) is 11.1. The molecule has 0 aliphatic rings. The van der Waals surface area contributed by atoms with Gasteiger partial charge < -0.3 is 9.73 Å². The SMILES string of the molecule is CSc1cccc(NC(=O)Cn2c(=O)n(-c3cc(C)cc(C)c3)c(=O)c3oc4ccccc4c32)c1. The normalized spacial score (nSPS) is 11.3. The van der Waals surface area contributed by atoms with Gasteiger partial charge in [-0.15, -0.1) is 11.8 Å². The molecule has 176 valence electrons. The second-order valence-corrected chi connectivity index (χ2v) is 9.29. The number of furan rings is 1. The van der Waals surface area contributed by atoms with Gasteiger partial charge in [0.25, 0.3) is 0 Å². The van der Waals surface area contributed by atoms with Crippen LogP contribution in [0.2, 0.25) is 0 Å². The highest BCUT2D eigenvalue weighted by atomic mass is 32.2. The second kappa shape index (κ2) is 8.96. The van der Waals surface area contributed by atoms with E-state index in [0.717, 1.165) is 20.6 Å². The standard InChI is InChI=1S/C27H23N3O4S/c1-16-11-17(2)13-19(12-16)30-26(32)25-24(21-9-4-5-10-22(21)34-25)29(27(30)33)15-23(31)28-18-7-6-8-20(14-18)35-3/h4-14H,15H2,1-3H3,(H,28,31).